The molecule has 0 spiro atoms. The molecule has 1 aliphatic heterocycles. The molecule has 0 saturated heterocycles. The van der Waals surface area contributed by atoms with Gasteiger partial charge in [0.2, 0.25) is 0 Å². The Hall–Kier alpha value is -0.150. The molecule has 1 aliphatic rings. The van der Waals surface area contributed by atoms with Crippen LogP contribution in [0.2, 0.25) is 0 Å². The molecule has 8 heavy (non-hydrogen) atoms. The van der Waals surface area contributed by atoms with E-state index >= 15 is 0 Å². The first-order valence-electron chi connectivity index (χ1n) is 2.17. The molecule has 1 rings (SSSR count). The largest absolute Gasteiger partial charge is 0.294 e. The van der Waals surface area contributed by atoms with Gasteiger partial charge in [-0.25, -0.2) is 0 Å². The van der Waals surface area contributed by atoms with Crippen LogP contribution in [0.15, 0.2) is 12.2 Å². The fraction of sp³-hybridized carbons (Fsp3) is 0.200. The molecule has 42 valence electrons. The van der Waals surface area contributed by atoms with Gasteiger partial charge in [0.05, 0.1) is 9.95 Å². The molecule has 0 bridgehead atoms. The monoisotopic (exact) mass is 144 g/mol. The van der Waals surface area contributed by atoms with Crippen molar-refractivity contribution in [3.05, 3.63) is 12.2 Å². The van der Waals surface area contributed by atoms with Crippen LogP contribution in [0.5, 0.6) is 0 Å². The number of hydrogen-bond donors (Lipinski definition) is 0. The molecule has 0 N–H and O–H groups in total. The molecule has 3 heteroatoms. The normalized spacial score (nSPS) is 19.5. The zero-order chi connectivity index (χ0) is 5.98. The number of ketones is 1. The molecule has 0 unspecified atom stereocenters. The number of carbonyl (C=O) groups excluding carboxylic acids is 1. The second-order valence-electron chi connectivity index (χ2n) is 1.41. The van der Waals surface area contributed by atoms with E-state index in [0.717, 1.165) is 4.20 Å². The highest BCUT2D eigenvalue weighted by molar-refractivity contribution is 8.24. The van der Waals surface area contributed by atoms with Crippen molar-refractivity contribution < 1.29 is 4.79 Å². The van der Waals surface area contributed by atoms with Gasteiger partial charge in [-0.15, -0.1) is 11.8 Å². The SMILES string of the molecule is O=C1C=CC(=S)SC1. The van der Waals surface area contributed by atoms with Gasteiger partial charge >= 0.3 is 0 Å². The molecule has 0 fully saturated rings. The summed E-state index contributed by atoms with van der Waals surface area (Å²) in [7, 11) is 0. The Bertz CT molecular complexity index is 142. The van der Waals surface area contributed by atoms with Crippen LogP contribution in [0.1, 0.15) is 0 Å². The summed E-state index contributed by atoms with van der Waals surface area (Å²) >= 11 is 6.20. The van der Waals surface area contributed by atoms with E-state index in [4.69, 9.17) is 12.2 Å². The molecule has 1 nitrogen and oxygen atoms in total. The summed E-state index contributed by atoms with van der Waals surface area (Å²) in [6.45, 7) is 0. The summed E-state index contributed by atoms with van der Waals surface area (Å²) in [5, 5.41) is 0. The first-order chi connectivity index (χ1) is 3.79. The maximum atomic E-state index is 10.4. The zero-order valence-corrected chi connectivity index (χ0v) is 5.72. The molecular weight excluding hydrogens is 140 g/mol. The average molecular weight is 144 g/mol. The van der Waals surface area contributed by atoms with E-state index in [2.05, 4.69) is 0 Å². The first-order valence-corrected chi connectivity index (χ1v) is 3.56. The lowest BCUT2D eigenvalue weighted by molar-refractivity contribution is -0.112. The highest BCUT2D eigenvalue weighted by atomic mass is 32.2. The lowest BCUT2D eigenvalue weighted by atomic mass is 10.4. The van der Waals surface area contributed by atoms with Crippen molar-refractivity contribution in [2.24, 2.45) is 0 Å². The highest BCUT2D eigenvalue weighted by Crippen LogP contribution is 2.10. The molecule has 0 aliphatic carbocycles. The number of carbonyl (C=O) groups is 1. The Morgan fingerprint density at radius 1 is 1.62 bits per heavy atom. The number of thioether (sulfide) groups is 1. The molecule has 0 aromatic rings. The van der Waals surface area contributed by atoms with Crippen LogP contribution in [-0.2, 0) is 4.79 Å². The Labute approximate surface area is 57.1 Å². The average Bonchev–Trinajstić information content (AvgIpc) is 1.77. The first kappa shape index (κ1) is 5.98. The van der Waals surface area contributed by atoms with E-state index in [1.165, 1.54) is 17.8 Å². The summed E-state index contributed by atoms with van der Waals surface area (Å²) in [6, 6.07) is 0. The molecule has 0 aromatic carbocycles. The molecule has 0 saturated carbocycles. The van der Waals surface area contributed by atoms with Crippen LogP contribution in [0.4, 0.5) is 0 Å². The maximum absolute atomic E-state index is 10.4. The van der Waals surface area contributed by atoms with Crippen molar-refractivity contribution in [1.82, 2.24) is 0 Å². The summed E-state index contributed by atoms with van der Waals surface area (Å²) in [5.74, 6) is 0.679. The van der Waals surface area contributed by atoms with E-state index < -0.39 is 0 Å². The third kappa shape index (κ3) is 1.42. The number of allylic oxidation sites excluding steroid dienone is 1. The molecule has 0 atom stereocenters. The van der Waals surface area contributed by atoms with Crippen LogP contribution in [0.3, 0.4) is 0 Å². The van der Waals surface area contributed by atoms with Crippen molar-refractivity contribution in [3.63, 3.8) is 0 Å². The van der Waals surface area contributed by atoms with Crippen LogP contribution >= 0.6 is 24.0 Å². The fourth-order valence-electron chi connectivity index (χ4n) is 0.399. The molecule has 0 amide bonds. The van der Waals surface area contributed by atoms with Gasteiger partial charge < -0.3 is 0 Å². The molecule has 0 aromatic heterocycles. The van der Waals surface area contributed by atoms with E-state index in [-0.39, 0.29) is 5.78 Å². The van der Waals surface area contributed by atoms with Crippen molar-refractivity contribution in [1.29, 1.82) is 0 Å². The second-order valence-corrected chi connectivity index (χ2v) is 3.12. The van der Waals surface area contributed by atoms with Gasteiger partial charge in [-0.1, -0.05) is 12.2 Å². The standard InChI is InChI=1S/C5H4OS2/c6-4-1-2-5(7)8-3-4/h1-2H,3H2. The van der Waals surface area contributed by atoms with Gasteiger partial charge in [0.15, 0.2) is 5.78 Å². The Morgan fingerprint density at radius 2 is 2.38 bits per heavy atom. The smallest absolute Gasteiger partial charge is 0.166 e. The summed E-state index contributed by atoms with van der Waals surface area (Å²) in [5.41, 5.74) is 0. The third-order valence-electron chi connectivity index (χ3n) is 0.762. The van der Waals surface area contributed by atoms with Gasteiger partial charge in [-0.2, -0.15) is 0 Å². The van der Waals surface area contributed by atoms with Crippen LogP contribution in [0, 0.1) is 0 Å². The maximum Gasteiger partial charge on any atom is 0.166 e. The Morgan fingerprint density at radius 3 is 2.75 bits per heavy atom. The molecule has 0 radical (unpaired) electrons. The predicted octanol–water partition coefficient (Wildman–Crippen LogP) is 1.19. The van der Waals surface area contributed by atoms with Crippen LogP contribution < -0.4 is 0 Å². The number of rotatable bonds is 0. The van der Waals surface area contributed by atoms with Crippen molar-refractivity contribution in [2.75, 3.05) is 5.75 Å². The topological polar surface area (TPSA) is 17.1 Å². The number of thiocarbonyl (C=S) groups is 1. The van der Waals surface area contributed by atoms with Crippen molar-refractivity contribution in [3.8, 4) is 0 Å². The second kappa shape index (κ2) is 2.42. The third-order valence-corrected chi connectivity index (χ3v) is 2.10. The van der Waals surface area contributed by atoms with E-state index in [0.29, 0.717) is 5.75 Å². The van der Waals surface area contributed by atoms with Crippen LogP contribution in [0.25, 0.3) is 0 Å². The Balaban J connectivity index is 2.68. The minimum atomic E-state index is 0.156. The Kier molecular flexibility index (Phi) is 1.81. The van der Waals surface area contributed by atoms with Gasteiger partial charge in [-0.3, -0.25) is 4.79 Å². The summed E-state index contributed by atoms with van der Waals surface area (Å²) < 4.78 is 0.810. The van der Waals surface area contributed by atoms with Gasteiger partial charge in [0.1, 0.15) is 0 Å². The summed E-state index contributed by atoms with van der Waals surface area (Å²) in [6.07, 6.45) is 3.20. The lowest BCUT2D eigenvalue weighted by Gasteiger charge is -1.99. The summed E-state index contributed by atoms with van der Waals surface area (Å²) in [4.78, 5) is 10.4. The lowest BCUT2D eigenvalue weighted by Crippen LogP contribution is -2.03. The van der Waals surface area contributed by atoms with E-state index in [1.807, 2.05) is 0 Å². The number of hydrogen-bond acceptors (Lipinski definition) is 3. The van der Waals surface area contributed by atoms with Crippen LogP contribution in [-0.4, -0.2) is 15.7 Å². The van der Waals surface area contributed by atoms with Gasteiger partial charge in [0, 0.05) is 0 Å². The quantitative estimate of drug-likeness (QED) is 0.475. The zero-order valence-electron chi connectivity index (χ0n) is 4.09. The highest BCUT2D eigenvalue weighted by Gasteiger charge is 2.04. The van der Waals surface area contributed by atoms with E-state index in [9.17, 15) is 4.79 Å². The minimum absolute atomic E-state index is 0.156. The van der Waals surface area contributed by atoms with Crippen molar-refractivity contribution in [2.45, 2.75) is 0 Å². The van der Waals surface area contributed by atoms with Crippen molar-refractivity contribution >= 4 is 34.0 Å². The molecular formula is C5H4OS2. The minimum Gasteiger partial charge on any atom is -0.294 e. The predicted molar refractivity (Wildman–Crippen MR) is 39.2 cm³/mol. The van der Waals surface area contributed by atoms with E-state index in [1.54, 1.807) is 6.08 Å². The van der Waals surface area contributed by atoms with Gasteiger partial charge in [-0.05, 0) is 12.2 Å². The van der Waals surface area contributed by atoms with Gasteiger partial charge in [0.25, 0.3) is 0 Å². The fourth-order valence-corrected chi connectivity index (χ4v) is 1.19. The molecule has 1 heterocycles.